The van der Waals surface area contributed by atoms with Crippen molar-refractivity contribution in [3.05, 3.63) is 0 Å². The zero-order valence-corrected chi connectivity index (χ0v) is 16.1. The predicted molar refractivity (Wildman–Crippen MR) is 95.7 cm³/mol. The van der Waals surface area contributed by atoms with Gasteiger partial charge in [0.2, 0.25) is 0 Å². The van der Waals surface area contributed by atoms with Gasteiger partial charge in [-0.25, -0.2) is 0 Å². The van der Waals surface area contributed by atoms with Gasteiger partial charge in [0.1, 0.15) is 5.78 Å². The molecule has 0 aromatic rings. The summed E-state index contributed by atoms with van der Waals surface area (Å²) in [6.07, 6.45) is 10.5. The Morgan fingerprint density at radius 2 is 2.14 bits per heavy atom. The second-order valence-electron chi connectivity index (χ2n) is 8.39. The van der Waals surface area contributed by atoms with Gasteiger partial charge < -0.3 is 4.52 Å². The first-order valence-corrected chi connectivity index (χ1v) is 9.74. The van der Waals surface area contributed by atoms with Crippen LogP contribution in [0.1, 0.15) is 85.5 Å². The molecule has 0 spiro atoms. The Kier molecular flexibility index (Phi) is 6.11. The molecule has 5 atom stereocenters. The van der Waals surface area contributed by atoms with Crippen LogP contribution >= 0.6 is 9.47 Å². The van der Waals surface area contributed by atoms with Crippen LogP contribution in [0.15, 0.2) is 0 Å². The molecule has 2 rings (SSSR count). The van der Waals surface area contributed by atoms with E-state index in [-0.39, 0.29) is 5.60 Å². The molecule has 0 aromatic heterocycles. The topological polar surface area (TPSA) is 26.3 Å². The number of fused-ring (bicyclic) bond motifs is 1. The van der Waals surface area contributed by atoms with Crippen molar-refractivity contribution in [1.82, 2.24) is 0 Å². The molecule has 2 aliphatic carbocycles. The largest absolute Gasteiger partial charge is 0.360 e. The molecule has 0 saturated heterocycles. The molecule has 128 valence electrons. The maximum Gasteiger partial charge on any atom is 0.136 e. The van der Waals surface area contributed by atoms with Gasteiger partial charge in [-0.05, 0) is 69.6 Å². The van der Waals surface area contributed by atoms with E-state index in [1.54, 1.807) is 0 Å². The zero-order valence-electron chi connectivity index (χ0n) is 15.0. The molecule has 2 fully saturated rings. The fraction of sp³-hybridized carbons (Fsp3) is 0.947. The lowest BCUT2D eigenvalue weighted by Crippen LogP contribution is -2.41. The average Bonchev–Trinajstić information content (AvgIpc) is 2.88. The van der Waals surface area contributed by atoms with Crippen LogP contribution in [-0.4, -0.2) is 11.4 Å². The quantitative estimate of drug-likeness (QED) is 0.573. The van der Waals surface area contributed by atoms with Crippen molar-refractivity contribution in [1.29, 1.82) is 0 Å². The molecule has 0 N–H and O–H groups in total. The third-order valence-electron chi connectivity index (χ3n) is 6.76. The smallest absolute Gasteiger partial charge is 0.136 e. The average molecular weight is 326 g/mol. The summed E-state index contributed by atoms with van der Waals surface area (Å²) in [5, 5.41) is 0. The minimum Gasteiger partial charge on any atom is -0.360 e. The third kappa shape index (κ3) is 3.59. The number of carbonyl (C=O) groups excluding carboxylic acids is 1. The van der Waals surface area contributed by atoms with E-state index in [0.29, 0.717) is 17.1 Å². The van der Waals surface area contributed by atoms with Gasteiger partial charge in [0, 0.05) is 21.8 Å². The molecule has 0 bridgehead atoms. The highest BCUT2D eigenvalue weighted by molar-refractivity contribution is 7.09. The number of carbonyl (C=O) groups is 1. The Hall–Kier alpha value is 0.0600. The van der Waals surface area contributed by atoms with Crippen LogP contribution in [0.3, 0.4) is 0 Å². The van der Waals surface area contributed by atoms with Crippen LogP contribution in [0.25, 0.3) is 0 Å². The summed E-state index contributed by atoms with van der Waals surface area (Å²) in [7, 11) is 2.40. The van der Waals surface area contributed by atoms with Gasteiger partial charge >= 0.3 is 0 Å². The van der Waals surface area contributed by atoms with Gasteiger partial charge in [0.25, 0.3) is 0 Å². The molecule has 22 heavy (non-hydrogen) atoms. The number of hydrogen-bond acceptors (Lipinski definition) is 2. The van der Waals surface area contributed by atoms with Gasteiger partial charge in [0.15, 0.2) is 0 Å². The molecule has 0 heterocycles. The monoisotopic (exact) mass is 326 g/mol. The van der Waals surface area contributed by atoms with Crippen molar-refractivity contribution < 1.29 is 9.32 Å². The summed E-state index contributed by atoms with van der Waals surface area (Å²) in [6, 6.07) is 0. The lowest BCUT2D eigenvalue weighted by Gasteiger charge is -2.44. The fourth-order valence-electron chi connectivity index (χ4n) is 5.43. The van der Waals surface area contributed by atoms with E-state index >= 15 is 0 Å². The molecule has 2 saturated carbocycles. The van der Waals surface area contributed by atoms with Gasteiger partial charge in [-0.2, -0.15) is 0 Å². The van der Waals surface area contributed by atoms with E-state index in [0.717, 1.165) is 37.5 Å². The molecule has 3 unspecified atom stereocenters. The summed E-state index contributed by atoms with van der Waals surface area (Å²) < 4.78 is 5.46. The Balaban J connectivity index is 1.97. The molecule has 0 radical (unpaired) electrons. The molecular weight excluding hydrogens is 291 g/mol. The first-order valence-electron chi connectivity index (χ1n) is 9.27. The molecular formula is C19H35O2P. The Bertz CT molecular complexity index is 393. The Morgan fingerprint density at radius 3 is 2.77 bits per heavy atom. The van der Waals surface area contributed by atoms with Crippen LogP contribution in [0.5, 0.6) is 0 Å². The van der Waals surface area contributed by atoms with E-state index in [2.05, 4.69) is 37.2 Å². The minimum atomic E-state index is -0.0359. The highest BCUT2D eigenvalue weighted by Crippen LogP contribution is 2.59. The van der Waals surface area contributed by atoms with E-state index in [1.165, 1.54) is 32.1 Å². The lowest BCUT2D eigenvalue weighted by molar-refractivity contribution is -0.131. The second-order valence-corrected chi connectivity index (χ2v) is 8.63. The van der Waals surface area contributed by atoms with Gasteiger partial charge in [0.05, 0.1) is 5.60 Å². The second kappa shape index (κ2) is 7.31. The van der Waals surface area contributed by atoms with Crippen molar-refractivity contribution in [2.75, 3.05) is 0 Å². The van der Waals surface area contributed by atoms with Crippen LogP contribution < -0.4 is 0 Å². The molecule has 2 aliphatic rings. The molecule has 0 aromatic carbocycles. The zero-order chi connectivity index (χ0) is 16.4. The summed E-state index contributed by atoms with van der Waals surface area (Å²) >= 11 is 0. The third-order valence-corrected chi connectivity index (χ3v) is 7.39. The molecule has 2 nitrogen and oxygen atoms in total. The summed E-state index contributed by atoms with van der Waals surface area (Å²) in [5.41, 5.74) is 0.299. The van der Waals surface area contributed by atoms with E-state index in [4.69, 9.17) is 4.52 Å². The molecule has 0 aliphatic heterocycles. The first kappa shape index (κ1) is 18.4. The van der Waals surface area contributed by atoms with Crippen molar-refractivity contribution >= 4 is 15.2 Å². The lowest BCUT2D eigenvalue weighted by atomic mass is 9.59. The van der Waals surface area contributed by atoms with Gasteiger partial charge in [-0.15, -0.1) is 0 Å². The van der Waals surface area contributed by atoms with Crippen molar-refractivity contribution in [2.45, 2.75) is 91.1 Å². The molecule has 0 amide bonds. The minimum absolute atomic E-state index is 0.0359. The van der Waals surface area contributed by atoms with Crippen molar-refractivity contribution in [3.63, 3.8) is 0 Å². The van der Waals surface area contributed by atoms with Gasteiger partial charge in [-0.3, -0.25) is 4.79 Å². The fourth-order valence-corrected chi connectivity index (χ4v) is 5.55. The highest BCUT2D eigenvalue weighted by Gasteiger charge is 2.53. The SMILES string of the molecule is CC[C@]12CCCC(=O)C1CC[C@@H]2C(C)CCCC(C)(C)OP. The normalized spacial score (nSPS) is 33.8. The number of hydrogen-bond donors (Lipinski definition) is 0. The highest BCUT2D eigenvalue weighted by atomic mass is 31.0. The van der Waals surface area contributed by atoms with Crippen molar-refractivity contribution in [2.24, 2.45) is 23.2 Å². The van der Waals surface area contributed by atoms with E-state index in [1.807, 2.05) is 0 Å². The number of rotatable bonds is 7. The van der Waals surface area contributed by atoms with Crippen molar-refractivity contribution in [3.8, 4) is 0 Å². The Labute approximate surface area is 139 Å². The predicted octanol–water partition coefficient (Wildman–Crippen LogP) is 5.55. The standard InChI is InChI=1S/C19H35O2P/c1-5-19-13-7-9-17(20)16(19)11-10-15(19)14(2)8-6-12-18(3,4)21-22/h14-16H,5-13,22H2,1-4H3/t14?,15-,16?,19-/m1/s1. The maximum atomic E-state index is 12.4. The van der Waals surface area contributed by atoms with Crippen LogP contribution in [-0.2, 0) is 9.32 Å². The van der Waals surface area contributed by atoms with Crippen LogP contribution in [0.4, 0.5) is 0 Å². The summed E-state index contributed by atoms with van der Waals surface area (Å²) in [6.45, 7) is 9.06. The molecule has 3 heteroatoms. The first-order chi connectivity index (χ1) is 10.4. The number of Topliss-reactive ketones (excluding diaryl/α,β-unsaturated/α-hetero) is 1. The Morgan fingerprint density at radius 1 is 1.41 bits per heavy atom. The maximum absolute atomic E-state index is 12.4. The summed E-state index contributed by atoms with van der Waals surface area (Å²) in [5.74, 6) is 2.44. The van der Waals surface area contributed by atoms with Gasteiger partial charge in [-0.1, -0.05) is 26.7 Å². The summed E-state index contributed by atoms with van der Waals surface area (Å²) in [4.78, 5) is 12.4. The van der Waals surface area contributed by atoms with E-state index in [9.17, 15) is 4.79 Å². The van der Waals surface area contributed by atoms with Crippen LogP contribution in [0.2, 0.25) is 0 Å². The van der Waals surface area contributed by atoms with Crippen LogP contribution in [0, 0.1) is 23.2 Å². The van der Waals surface area contributed by atoms with E-state index < -0.39 is 0 Å². The number of ketones is 1.